The lowest BCUT2D eigenvalue weighted by Crippen LogP contribution is -2.58. The van der Waals surface area contributed by atoms with Crippen LogP contribution in [0.25, 0.3) is 5.69 Å². The number of Topliss-reactive ketones (excluding diaryl/α,β-unsaturated/α-hetero) is 1. The van der Waals surface area contributed by atoms with Crippen molar-refractivity contribution >= 4 is 17.5 Å². The van der Waals surface area contributed by atoms with Crippen LogP contribution in [-0.4, -0.2) is 43.1 Å². The summed E-state index contributed by atoms with van der Waals surface area (Å²) in [6.45, 7) is 1.97. The van der Waals surface area contributed by atoms with Gasteiger partial charge in [-0.05, 0) is 44.8 Å². The summed E-state index contributed by atoms with van der Waals surface area (Å²) in [5, 5.41) is 9.66. The van der Waals surface area contributed by atoms with E-state index in [1.165, 1.54) is 0 Å². The molecule has 0 bridgehead atoms. The third kappa shape index (κ3) is 2.79. The Bertz CT molecular complexity index is 880. The molecular formula is C19H25N5O2. The first kappa shape index (κ1) is 18.2. The van der Waals surface area contributed by atoms with Gasteiger partial charge in [0, 0.05) is 36.7 Å². The number of nitrogens with zero attached hydrogens (tertiary/aromatic N) is 1. The highest BCUT2D eigenvalue weighted by molar-refractivity contribution is 6.01. The monoisotopic (exact) mass is 355 g/mol. The Morgan fingerprint density at radius 1 is 1.15 bits per heavy atom. The average molecular weight is 355 g/mol. The van der Waals surface area contributed by atoms with Crippen LogP contribution in [0.5, 0.6) is 0 Å². The number of hydrogen-bond acceptors (Lipinski definition) is 5. The highest BCUT2D eigenvalue weighted by atomic mass is 16.1. The Morgan fingerprint density at radius 2 is 1.85 bits per heavy atom. The largest absolute Gasteiger partial charge is 0.374 e. The van der Waals surface area contributed by atoms with Crippen LogP contribution in [0.15, 0.2) is 24.3 Å². The molecule has 3 rings (SSSR count). The van der Waals surface area contributed by atoms with Gasteiger partial charge in [-0.2, -0.15) is 0 Å². The van der Waals surface area contributed by atoms with Crippen molar-refractivity contribution in [3.05, 3.63) is 46.6 Å². The minimum absolute atomic E-state index is 0.0777. The van der Waals surface area contributed by atoms with Gasteiger partial charge >= 0.3 is 0 Å². The van der Waals surface area contributed by atoms with Gasteiger partial charge in [-0.3, -0.25) is 14.2 Å². The number of carbonyl (C=O) groups excluding carboxylic acids is 2. The number of primary amides is 1. The van der Waals surface area contributed by atoms with E-state index in [9.17, 15) is 9.59 Å². The fraction of sp³-hybridized carbons (Fsp3) is 0.368. The SMILES string of the molecule is CNc1cc2c(n1-c1cc(C(N)=O)ccc1C)CC(NC)(NC)CC2=O. The van der Waals surface area contributed by atoms with Crippen molar-refractivity contribution in [1.29, 1.82) is 0 Å². The molecule has 1 aliphatic carbocycles. The Balaban J connectivity index is 2.26. The highest BCUT2D eigenvalue weighted by Gasteiger charge is 2.39. The number of anilines is 1. The van der Waals surface area contributed by atoms with Gasteiger partial charge in [0.2, 0.25) is 5.91 Å². The van der Waals surface area contributed by atoms with Gasteiger partial charge in [0.05, 0.1) is 11.4 Å². The number of hydrogen-bond donors (Lipinski definition) is 4. The number of nitrogens with two attached hydrogens (primary N) is 1. The zero-order valence-corrected chi connectivity index (χ0v) is 15.6. The molecule has 7 nitrogen and oxygen atoms in total. The molecule has 0 atom stereocenters. The summed E-state index contributed by atoms with van der Waals surface area (Å²) in [5.41, 5.74) is 8.83. The van der Waals surface area contributed by atoms with Crippen molar-refractivity contribution in [2.24, 2.45) is 5.73 Å². The zero-order valence-electron chi connectivity index (χ0n) is 15.6. The number of nitrogens with one attached hydrogen (secondary N) is 3. The number of aryl methyl sites for hydroxylation is 1. The first-order valence-electron chi connectivity index (χ1n) is 8.60. The lowest BCUT2D eigenvalue weighted by Gasteiger charge is -2.36. The first-order chi connectivity index (χ1) is 12.4. The Labute approximate surface area is 152 Å². The van der Waals surface area contributed by atoms with Crippen molar-refractivity contribution in [2.75, 3.05) is 26.5 Å². The summed E-state index contributed by atoms with van der Waals surface area (Å²) in [5.74, 6) is 0.402. The molecule has 1 aromatic carbocycles. The van der Waals surface area contributed by atoms with E-state index in [1.54, 1.807) is 12.1 Å². The molecule has 0 aliphatic heterocycles. The average Bonchev–Trinajstić information content (AvgIpc) is 3.00. The second-order valence-corrected chi connectivity index (χ2v) is 6.70. The molecule has 0 saturated carbocycles. The predicted octanol–water partition coefficient (Wildman–Crippen LogP) is 1.19. The molecule has 26 heavy (non-hydrogen) atoms. The Hall–Kier alpha value is -2.64. The third-order valence-electron chi connectivity index (χ3n) is 5.28. The summed E-state index contributed by atoms with van der Waals surface area (Å²) in [6.07, 6.45) is 1.00. The molecule has 0 spiro atoms. The lowest BCUT2D eigenvalue weighted by molar-refractivity contribution is 0.0901. The maximum absolute atomic E-state index is 12.8. The molecule has 1 heterocycles. The van der Waals surface area contributed by atoms with E-state index in [-0.39, 0.29) is 5.78 Å². The van der Waals surface area contributed by atoms with Gasteiger partial charge in [0.1, 0.15) is 5.82 Å². The quantitative estimate of drug-likeness (QED) is 0.604. The number of ketones is 1. The van der Waals surface area contributed by atoms with Crippen molar-refractivity contribution in [3.8, 4) is 5.69 Å². The minimum Gasteiger partial charge on any atom is -0.374 e. The molecule has 0 fully saturated rings. The maximum atomic E-state index is 12.8. The van der Waals surface area contributed by atoms with Gasteiger partial charge in [-0.15, -0.1) is 0 Å². The van der Waals surface area contributed by atoms with E-state index in [4.69, 9.17) is 5.73 Å². The number of benzene rings is 1. The zero-order chi connectivity index (χ0) is 19.1. The van der Waals surface area contributed by atoms with E-state index in [2.05, 4.69) is 16.0 Å². The molecule has 5 N–H and O–H groups in total. The standard InChI is InChI=1S/C19H25N5O2/c1-11-5-6-12(18(20)26)7-14(11)24-15-9-19(22-3,23-4)10-16(25)13(15)8-17(24)21-2/h5-8,21-23H,9-10H2,1-4H3,(H2,20,26). The Morgan fingerprint density at radius 3 is 2.42 bits per heavy atom. The van der Waals surface area contributed by atoms with Gasteiger partial charge in [-0.25, -0.2) is 0 Å². The maximum Gasteiger partial charge on any atom is 0.248 e. The summed E-state index contributed by atoms with van der Waals surface area (Å²) < 4.78 is 2.01. The highest BCUT2D eigenvalue weighted by Crippen LogP contribution is 2.35. The van der Waals surface area contributed by atoms with Gasteiger partial charge in [0.25, 0.3) is 0 Å². The van der Waals surface area contributed by atoms with E-state index < -0.39 is 11.6 Å². The molecule has 0 saturated heterocycles. The van der Waals surface area contributed by atoms with E-state index in [0.717, 1.165) is 22.8 Å². The van der Waals surface area contributed by atoms with Crippen LogP contribution in [0.3, 0.4) is 0 Å². The molecular weight excluding hydrogens is 330 g/mol. The van der Waals surface area contributed by atoms with Crippen molar-refractivity contribution in [1.82, 2.24) is 15.2 Å². The van der Waals surface area contributed by atoms with E-state index in [1.807, 2.05) is 44.8 Å². The smallest absolute Gasteiger partial charge is 0.248 e. The summed E-state index contributed by atoms with van der Waals surface area (Å²) in [7, 11) is 5.51. The number of aromatic nitrogens is 1. The molecule has 0 radical (unpaired) electrons. The van der Waals surface area contributed by atoms with Crippen LogP contribution in [0.2, 0.25) is 0 Å². The topological polar surface area (TPSA) is 101 Å². The molecule has 7 heteroatoms. The molecule has 1 aliphatic rings. The van der Waals surface area contributed by atoms with Crippen molar-refractivity contribution in [3.63, 3.8) is 0 Å². The molecule has 1 aromatic heterocycles. The molecule has 2 aromatic rings. The Kier molecular flexibility index (Phi) is 4.60. The van der Waals surface area contributed by atoms with Crippen LogP contribution in [0.4, 0.5) is 5.82 Å². The molecule has 138 valence electrons. The number of likely N-dealkylation sites (N-methyl/N-ethyl adjacent to an activating group) is 2. The lowest BCUT2D eigenvalue weighted by atomic mass is 9.86. The van der Waals surface area contributed by atoms with E-state index in [0.29, 0.717) is 24.0 Å². The van der Waals surface area contributed by atoms with Crippen molar-refractivity contribution in [2.45, 2.75) is 25.4 Å². The van der Waals surface area contributed by atoms with Gasteiger partial charge in [0.15, 0.2) is 5.78 Å². The number of carbonyl (C=O) groups is 2. The summed E-state index contributed by atoms with van der Waals surface area (Å²) in [6, 6.07) is 7.24. The number of rotatable bonds is 5. The van der Waals surface area contributed by atoms with Crippen LogP contribution in [0, 0.1) is 6.92 Å². The second-order valence-electron chi connectivity index (χ2n) is 6.70. The predicted molar refractivity (Wildman–Crippen MR) is 102 cm³/mol. The fourth-order valence-electron chi connectivity index (χ4n) is 3.63. The van der Waals surface area contributed by atoms with Crippen molar-refractivity contribution < 1.29 is 9.59 Å². The van der Waals surface area contributed by atoms with Gasteiger partial charge in [-0.1, -0.05) is 6.07 Å². The van der Waals surface area contributed by atoms with Crippen LogP contribution >= 0.6 is 0 Å². The number of fused-ring (bicyclic) bond motifs is 1. The van der Waals surface area contributed by atoms with Gasteiger partial charge < -0.3 is 21.7 Å². The summed E-state index contributed by atoms with van der Waals surface area (Å²) >= 11 is 0. The van der Waals surface area contributed by atoms with Crippen LogP contribution in [0.1, 0.15) is 38.4 Å². The summed E-state index contributed by atoms with van der Waals surface area (Å²) in [4.78, 5) is 24.4. The van der Waals surface area contributed by atoms with Crippen LogP contribution < -0.4 is 21.7 Å². The third-order valence-corrected chi connectivity index (χ3v) is 5.28. The van der Waals surface area contributed by atoms with Crippen LogP contribution in [-0.2, 0) is 6.42 Å². The normalized spacial score (nSPS) is 15.6. The molecule has 1 amide bonds. The first-order valence-corrected chi connectivity index (χ1v) is 8.60. The van der Waals surface area contributed by atoms with E-state index >= 15 is 0 Å². The minimum atomic E-state index is -0.500. The second kappa shape index (κ2) is 6.59. The fourth-order valence-corrected chi connectivity index (χ4v) is 3.63. The number of amides is 1. The molecule has 0 unspecified atom stereocenters.